The Morgan fingerprint density at radius 3 is 2.17 bits per heavy atom. The average Bonchev–Trinajstić information content (AvgIpc) is 3.26. The minimum atomic E-state index is 0.588. The zero-order valence-electron chi connectivity index (χ0n) is 13.0. The smallest absolute Gasteiger partial charge is 0.208 e. The molecule has 6 heteroatoms. The molecule has 0 fully saturated rings. The fraction of sp³-hybridized carbons (Fsp3) is 0.111. The van der Waals surface area contributed by atoms with Crippen molar-refractivity contribution < 1.29 is 0 Å². The van der Waals surface area contributed by atoms with Crippen LogP contribution in [0.2, 0.25) is 0 Å². The summed E-state index contributed by atoms with van der Waals surface area (Å²) >= 11 is 0. The molecule has 0 N–H and O–H groups in total. The Bertz CT molecular complexity index is 833. The van der Waals surface area contributed by atoms with Crippen LogP contribution in [0, 0.1) is 0 Å². The van der Waals surface area contributed by atoms with Crippen LogP contribution in [0.5, 0.6) is 0 Å². The zero-order valence-corrected chi connectivity index (χ0v) is 13.0. The molecule has 0 saturated carbocycles. The molecule has 2 aromatic heterocycles. The summed E-state index contributed by atoms with van der Waals surface area (Å²) in [7, 11) is 0. The lowest BCUT2D eigenvalue weighted by molar-refractivity contribution is 0.573. The third kappa shape index (κ3) is 3.22. The molecular weight excluding hydrogens is 300 g/mol. The Morgan fingerprint density at radius 1 is 0.792 bits per heavy atom. The van der Waals surface area contributed by atoms with Crippen molar-refractivity contribution in [2.75, 3.05) is 0 Å². The summed E-state index contributed by atoms with van der Waals surface area (Å²) in [5.41, 5.74) is 3.21. The van der Waals surface area contributed by atoms with Crippen molar-refractivity contribution in [2.45, 2.75) is 13.1 Å². The second-order valence-corrected chi connectivity index (χ2v) is 5.54. The van der Waals surface area contributed by atoms with E-state index in [1.165, 1.54) is 5.56 Å². The van der Waals surface area contributed by atoms with Crippen LogP contribution in [0.1, 0.15) is 11.1 Å². The van der Waals surface area contributed by atoms with Crippen molar-refractivity contribution in [3.05, 3.63) is 84.2 Å². The first-order valence-corrected chi connectivity index (χ1v) is 7.75. The van der Waals surface area contributed by atoms with Gasteiger partial charge in [0.05, 0.1) is 24.8 Å². The van der Waals surface area contributed by atoms with Crippen LogP contribution in [0.3, 0.4) is 0 Å². The largest absolute Gasteiger partial charge is 0.268 e. The topological polar surface area (TPSA) is 61.4 Å². The van der Waals surface area contributed by atoms with Crippen molar-refractivity contribution >= 4 is 0 Å². The molecular formula is C18H16N6. The molecule has 4 aromatic rings. The van der Waals surface area contributed by atoms with Gasteiger partial charge in [-0.25, -0.2) is 0 Å². The zero-order chi connectivity index (χ0) is 16.2. The molecule has 0 radical (unpaired) electrons. The van der Waals surface area contributed by atoms with E-state index in [9.17, 15) is 0 Å². The van der Waals surface area contributed by atoms with Crippen LogP contribution >= 0.6 is 0 Å². The van der Waals surface area contributed by atoms with Gasteiger partial charge in [0.15, 0.2) is 0 Å². The Labute approximate surface area is 139 Å². The van der Waals surface area contributed by atoms with Crippen LogP contribution in [0.4, 0.5) is 0 Å². The van der Waals surface area contributed by atoms with E-state index >= 15 is 0 Å². The van der Waals surface area contributed by atoms with E-state index < -0.39 is 0 Å². The fourth-order valence-electron chi connectivity index (χ4n) is 2.51. The van der Waals surface area contributed by atoms with Gasteiger partial charge in [-0.15, -0.1) is 10.2 Å². The summed E-state index contributed by atoms with van der Waals surface area (Å²) < 4.78 is 1.88. The SMILES string of the molecule is c1ccc(Cn2cc(-c3nnn(Cc4ccccc4)n3)cn2)cc1. The Morgan fingerprint density at radius 2 is 1.46 bits per heavy atom. The predicted molar refractivity (Wildman–Crippen MR) is 90.1 cm³/mol. The molecule has 0 atom stereocenters. The number of rotatable bonds is 5. The van der Waals surface area contributed by atoms with Gasteiger partial charge < -0.3 is 0 Å². The van der Waals surface area contributed by atoms with Crippen molar-refractivity contribution in [1.82, 2.24) is 30.0 Å². The Kier molecular flexibility index (Phi) is 3.85. The van der Waals surface area contributed by atoms with Crippen LogP contribution < -0.4 is 0 Å². The Hall–Kier alpha value is -3.28. The van der Waals surface area contributed by atoms with Crippen molar-refractivity contribution in [1.29, 1.82) is 0 Å². The third-order valence-corrected chi connectivity index (χ3v) is 3.70. The number of benzene rings is 2. The minimum Gasteiger partial charge on any atom is -0.268 e. The summed E-state index contributed by atoms with van der Waals surface area (Å²) in [6.07, 6.45) is 3.71. The number of nitrogens with zero attached hydrogens (tertiary/aromatic N) is 6. The fourth-order valence-corrected chi connectivity index (χ4v) is 2.51. The van der Waals surface area contributed by atoms with Gasteiger partial charge in [-0.3, -0.25) is 4.68 Å². The van der Waals surface area contributed by atoms with Gasteiger partial charge in [-0.05, 0) is 16.3 Å². The molecule has 4 rings (SSSR count). The number of aromatic nitrogens is 6. The van der Waals surface area contributed by atoms with Gasteiger partial charge in [0, 0.05) is 6.20 Å². The maximum absolute atomic E-state index is 4.44. The van der Waals surface area contributed by atoms with Gasteiger partial charge >= 0.3 is 0 Å². The number of hydrogen-bond donors (Lipinski definition) is 0. The highest BCUT2D eigenvalue weighted by Crippen LogP contribution is 2.13. The average molecular weight is 316 g/mol. The quantitative estimate of drug-likeness (QED) is 0.568. The maximum Gasteiger partial charge on any atom is 0.208 e. The Balaban J connectivity index is 1.49. The lowest BCUT2D eigenvalue weighted by atomic mass is 10.2. The lowest BCUT2D eigenvalue weighted by Gasteiger charge is -2.00. The second-order valence-electron chi connectivity index (χ2n) is 5.54. The van der Waals surface area contributed by atoms with Gasteiger partial charge in [0.2, 0.25) is 5.82 Å². The van der Waals surface area contributed by atoms with E-state index in [0.29, 0.717) is 12.4 Å². The van der Waals surface area contributed by atoms with E-state index in [4.69, 9.17) is 0 Å². The molecule has 0 unspecified atom stereocenters. The van der Waals surface area contributed by atoms with E-state index in [2.05, 4.69) is 32.6 Å². The van der Waals surface area contributed by atoms with E-state index in [1.54, 1.807) is 11.0 Å². The summed E-state index contributed by atoms with van der Waals surface area (Å²) in [6.45, 7) is 1.32. The molecule has 0 aliphatic carbocycles. The molecule has 2 heterocycles. The van der Waals surface area contributed by atoms with Crippen LogP contribution in [-0.4, -0.2) is 30.0 Å². The van der Waals surface area contributed by atoms with Crippen LogP contribution in [-0.2, 0) is 13.1 Å². The first-order chi connectivity index (χ1) is 11.9. The monoisotopic (exact) mass is 316 g/mol. The van der Waals surface area contributed by atoms with Crippen LogP contribution in [0.15, 0.2) is 73.1 Å². The summed E-state index contributed by atoms with van der Waals surface area (Å²) in [5, 5.41) is 17.1. The highest BCUT2D eigenvalue weighted by atomic mass is 15.6. The van der Waals surface area contributed by atoms with Crippen molar-refractivity contribution in [2.24, 2.45) is 0 Å². The number of tetrazole rings is 1. The molecule has 0 aliphatic rings. The second kappa shape index (κ2) is 6.45. The van der Waals surface area contributed by atoms with E-state index in [1.807, 2.05) is 59.4 Å². The molecule has 0 aliphatic heterocycles. The first-order valence-electron chi connectivity index (χ1n) is 7.75. The van der Waals surface area contributed by atoms with Gasteiger partial charge in [-0.2, -0.15) is 9.90 Å². The highest BCUT2D eigenvalue weighted by Gasteiger charge is 2.09. The van der Waals surface area contributed by atoms with Gasteiger partial charge in [-0.1, -0.05) is 60.7 Å². The van der Waals surface area contributed by atoms with E-state index in [0.717, 1.165) is 17.7 Å². The molecule has 6 nitrogen and oxygen atoms in total. The van der Waals surface area contributed by atoms with Crippen LogP contribution in [0.25, 0.3) is 11.4 Å². The maximum atomic E-state index is 4.44. The summed E-state index contributed by atoms with van der Waals surface area (Å²) in [6, 6.07) is 20.3. The molecule has 0 saturated heterocycles. The molecule has 24 heavy (non-hydrogen) atoms. The molecule has 2 aromatic carbocycles. The molecule has 118 valence electrons. The predicted octanol–water partition coefficient (Wildman–Crippen LogP) is 2.63. The normalized spacial score (nSPS) is 10.8. The van der Waals surface area contributed by atoms with Crippen molar-refractivity contribution in [3.8, 4) is 11.4 Å². The lowest BCUT2D eigenvalue weighted by Crippen LogP contribution is -2.03. The van der Waals surface area contributed by atoms with Crippen molar-refractivity contribution in [3.63, 3.8) is 0 Å². The van der Waals surface area contributed by atoms with Gasteiger partial charge in [0.25, 0.3) is 0 Å². The van der Waals surface area contributed by atoms with E-state index in [-0.39, 0.29) is 0 Å². The molecule has 0 amide bonds. The summed E-state index contributed by atoms with van der Waals surface area (Å²) in [4.78, 5) is 1.60. The first kappa shape index (κ1) is 14.3. The minimum absolute atomic E-state index is 0.588. The third-order valence-electron chi connectivity index (χ3n) is 3.70. The molecule has 0 bridgehead atoms. The van der Waals surface area contributed by atoms with Gasteiger partial charge in [0.1, 0.15) is 0 Å². The molecule has 0 spiro atoms. The standard InChI is InChI=1S/C18H16N6/c1-3-7-15(8-4-1)12-23-14-17(11-19-23)18-20-22-24(21-18)13-16-9-5-2-6-10-16/h1-11,14H,12-13H2. The number of hydrogen-bond acceptors (Lipinski definition) is 4. The summed E-state index contributed by atoms with van der Waals surface area (Å²) in [5.74, 6) is 0.588. The highest BCUT2D eigenvalue weighted by molar-refractivity contribution is 5.50.